The van der Waals surface area contributed by atoms with Crippen molar-refractivity contribution in [3.8, 4) is 16.9 Å². The Kier molecular flexibility index (Phi) is 10.5. The van der Waals surface area contributed by atoms with Gasteiger partial charge in [0.15, 0.2) is 0 Å². The predicted molar refractivity (Wildman–Crippen MR) is 236 cm³/mol. The fourth-order valence-electron chi connectivity index (χ4n) is 8.92. The van der Waals surface area contributed by atoms with Crippen LogP contribution in [0.2, 0.25) is 10.0 Å². The number of hydrogen-bond acceptors (Lipinski definition) is 6. The lowest BCUT2D eigenvalue weighted by Gasteiger charge is -2.34. The summed E-state index contributed by atoms with van der Waals surface area (Å²) in [6, 6.07) is 19.1. The maximum atomic E-state index is 15.4. The summed E-state index contributed by atoms with van der Waals surface area (Å²) in [6.07, 6.45) is 2.89. The lowest BCUT2D eigenvalue weighted by atomic mass is 9.98. The van der Waals surface area contributed by atoms with E-state index in [0.717, 1.165) is 72.3 Å². The summed E-state index contributed by atoms with van der Waals surface area (Å²) >= 11 is 13.6. The summed E-state index contributed by atoms with van der Waals surface area (Å²) in [4.78, 5) is 36.8. The molecule has 7 aromatic rings. The van der Waals surface area contributed by atoms with E-state index in [2.05, 4.69) is 16.5 Å². The van der Waals surface area contributed by atoms with Crippen LogP contribution in [0.5, 0.6) is 5.75 Å². The highest BCUT2D eigenvalue weighted by molar-refractivity contribution is 6.35. The smallest absolute Gasteiger partial charge is 0.340 e. The molecule has 0 radical (unpaired) electrons. The number of amides is 1. The molecule has 1 amide bonds. The van der Waals surface area contributed by atoms with Crippen LogP contribution >= 0.6 is 23.2 Å². The quantitative estimate of drug-likeness (QED) is 0.129. The number of pyridine rings is 1. The topological polar surface area (TPSA) is 111 Å². The molecule has 0 spiro atoms. The average Bonchev–Trinajstić information content (AvgIpc) is 3.79. The molecule has 1 atom stereocenters. The first-order valence-corrected chi connectivity index (χ1v) is 20.5. The number of benzene rings is 3. The molecule has 0 bridgehead atoms. The molecule has 5 heterocycles. The number of anilines is 2. The highest BCUT2D eigenvalue weighted by Crippen LogP contribution is 2.46. The van der Waals surface area contributed by atoms with Gasteiger partial charge >= 0.3 is 5.97 Å². The van der Waals surface area contributed by atoms with Gasteiger partial charge in [-0.3, -0.25) is 19.4 Å². The van der Waals surface area contributed by atoms with Crippen LogP contribution in [-0.4, -0.2) is 61.1 Å². The average molecular weight is 833 g/mol. The van der Waals surface area contributed by atoms with Crippen molar-refractivity contribution >= 4 is 68.4 Å². The number of hydrogen-bond donors (Lipinski definition) is 1. The van der Waals surface area contributed by atoms with E-state index < -0.39 is 5.97 Å². The fraction of sp³-hybridized carbons (Fsp3) is 0.304. The molecule has 4 aromatic heterocycles. The molecule has 59 heavy (non-hydrogen) atoms. The van der Waals surface area contributed by atoms with Gasteiger partial charge in [-0.05, 0) is 113 Å². The number of nitrogens with zero attached hydrogens (tertiary/aromatic N) is 7. The third kappa shape index (κ3) is 6.79. The zero-order chi connectivity index (χ0) is 42.0. The molecular formula is C46H47Cl2N7O4. The Balaban J connectivity index is 1.25. The van der Waals surface area contributed by atoms with Gasteiger partial charge in [0.2, 0.25) is 0 Å². The standard InChI is InChI=1S/C46H47Cl2N7O4/c1-25-20-32(21-26(2)41(25)48)59-19-11-13-33-34-15-16-36(47)40(38-28(4)50-53(8)29(38)5)42(34)55-27(3)23-54(45(56)43(33)55)44-39(46(57)58)35-22-31(14-17-37(35)52(44)7)51(6)24-30-12-9-10-18-49-30/h9-10,12,14-18,20-22,27H,11,13,19,23-24H2,1-8H3,(H,57,58). The lowest BCUT2D eigenvalue weighted by Crippen LogP contribution is -2.44. The maximum Gasteiger partial charge on any atom is 0.340 e. The van der Waals surface area contributed by atoms with Gasteiger partial charge in [0.1, 0.15) is 22.8 Å². The summed E-state index contributed by atoms with van der Waals surface area (Å²) in [5.74, 6) is -0.306. The van der Waals surface area contributed by atoms with Crippen LogP contribution in [0.1, 0.15) is 74.0 Å². The van der Waals surface area contributed by atoms with E-state index in [0.29, 0.717) is 53.4 Å². The number of carbonyl (C=O) groups is 2. The predicted octanol–water partition coefficient (Wildman–Crippen LogP) is 10.0. The highest BCUT2D eigenvalue weighted by Gasteiger charge is 2.40. The number of fused-ring (bicyclic) bond motifs is 4. The van der Waals surface area contributed by atoms with Gasteiger partial charge in [-0.2, -0.15) is 5.10 Å². The molecule has 304 valence electrons. The van der Waals surface area contributed by atoms with Gasteiger partial charge in [-0.1, -0.05) is 35.3 Å². The van der Waals surface area contributed by atoms with Crippen LogP contribution in [-0.2, 0) is 27.1 Å². The number of carboxylic acids is 1. The van der Waals surface area contributed by atoms with Crippen molar-refractivity contribution in [3.05, 3.63) is 122 Å². The summed E-state index contributed by atoms with van der Waals surface area (Å²) in [6.45, 7) is 11.2. The number of aromatic nitrogens is 5. The van der Waals surface area contributed by atoms with E-state index in [9.17, 15) is 9.90 Å². The van der Waals surface area contributed by atoms with E-state index in [1.165, 1.54) is 0 Å². The van der Waals surface area contributed by atoms with Crippen molar-refractivity contribution in [3.63, 3.8) is 0 Å². The molecule has 0 saturated heterocycles. The van der Waals surface area contributed by atoms with E-state index in [-0.39, 0.29) is 24.1 Å². The van der Waals surface area contributed by atoms with Crippen LogP contribution in [0.25, 0.3) is 32.9 Å². The van der Waals surface area contributed by atoms with Gasteiger partial charge in [-0.25, -0.2) is 4.79 Å². The molecule has 1 aliphatic rings. The Bertz CT molecular complexity index is 2800. The second kappa shape index (κ2) is 15.4. The van der Waals surface area contributed by atoms with Gasteiger partial charge < -0.3 is 23.9 Å². The normalized spacial score (nSPS) is 14.1. The van der Waals surface area contributed by atoms with Gasteiger partial charge in [0, 0.05) is 78.2 Å². The molecule has 0 saturated carbocycles. The first kappa shape index (κ1) is 40.0. The molecule has 11 nitrogen and oxygen atoms in total. The maximum absolute atomic E-state index is 15.4. The van der Waals surface area contributed by atoms with Gasteiger partial charge in [0.05, 0.1) is 40.6 Å². The van der Waals surface area contributed by atoms with Crippen molar-refractivity contribution in [1.82, 2.24) is 23.9 Å². The zero-order valence-electron chi connectivity index (χ0n) is 34.5. The Morgan fingerprint density at radius 2 is 1.73 bits per heavy atom. The van der Waals surface area contributed by atoms with Crippen molar-refractivity contribution in [2.45, 2.75) is 60.0 Å². The number of aryl methyl sites for hydroxylation is 6. The van der Waals surface area contributed by atoms with Crippen LogP contribution in [0.4, 0.5) is 11.5 Å². The number of ether oxygens (including phenoxy) is 1. The monoisotopic (exact) mass is 831 g/mol. The van der Waals surface area contributed by atoms with E-state index >= 15 is 4.79 Å². The summed E-state index contributed by atoms with van der Waals surface area (Å²) in [7, 11) is 5.69. The lowest BCUT2D eigenvalue weighted by molar-refractivity contribution is 0.0699. The number of aromatic carboxylic acids is 1. The van der Waals surface area contributed by atoms with Crippen LogP contribution in [0.3, 0.4) is 0 Å². The van der Waals surface area contributed by atoms with E-state index in [4.69, 9.17) is 33.0 Å². The number of carbonyl (C=O) groups excluding carboxylic acids is 1. The zero-order valence-corrected chi connectivity index (χ0v) is 36.0. The van der Waals surface area contributed by atoms with Gasteiger partial charge in [-0.15, -0.1) is 0 Å². The molecular weight excluding hydrogens is 785 g/mol. The first-order valence-electron chi connectivity index (χ1n) is 19.7. The van der Waals surface area contributed by atoms with Crippen molar-refractivity contribution in [2.75, 3.05) is 30.0 Å². The second-order valence-corrected chi connectivity index (χ2v) is 16.5. The Morgan fingerprint density at radius 1 is 0.983 bits per heavy atom. The molecule has 1 unspecified atom stereocenters. The minimum atomic E-state index is -1.11. The summed E-state index contributed by atoms with van der Waals surface area (Å²) in [5.41, 5.74) is 10.2. The summed E-state index contributed by atoms with van der Waals surface area (Å²) < 4.78 is 12.0. The van der Waals surface area contributed by atoms with Crippen LogP contribution in [0.15, 0.2) is 66.9 Å². The Morgan fingerprint density at radius 3 is 2.39 bits per heavy atom. The minimum Gasteiger partial charge on any atom is -0.494 e. The number of rotatable bonds is 11. The van der Waals surface area contributed by atoms with Crippen LogP contribution < -0.4 is 14.5 Å². The first-order chi connectivity index (χ1) is 28.2. The van der Waals surface area contributed by atoms with Crippen molar-refractivity contribution in [1.29, 1.82) is 0 Å². The molecule has 1 N–H and O–H groups in total. The molecule has 0 aliphatic carbocycles. The third-order valence-electron chi connectivity index (χ3n) is 11.8. The molecule has 13 heteroatoms. The van der Waals surface area contributed by atoms with Crippen LogP contribution in [0, 0.1) is 27.7 Å². The third-order valence-corrected chi connectivity index (χ3v) is 12.7. The largest absolute Gasteiger partial charge is 0.494 e. The van der Waals surface area contributed by atoms with E-state index in [1.54, 1.807) is 11.1 Å². The molecule has 0 fully saturated rings. The minimum absolute atomic E-state index is 0.0783. The Hall–Kier alpha value is -5.78. The highest BCUT2D eigenvalue weighted by atomic mass is 35.5. The number of halogens is 2. The summed E-state index contributed by atoms with van der Waals surface area (Å²) in [5, 5.41) is 18.4. The Labute approximate surface area is 353 Å². The fourth-order valence-corrected chi connectivity index (χ4v) is 9.28. The number of carboxylic acid groups (broad SMARTS) is 1. The molecule has 1 aliphatic heterocycles. The second-order valence-electron chi connectivity index (χ2n) is 15.7. The molecule has 3 aromatic carbocycles. The van der Waals surface area contributed by atoms with Gasteiger partial charge in [0.25, 0.3) is 5.91 Å². The van der Waals surface area contributed by atoms with Crippen molar-refractivity contribution < 1.29 is 19.4 Å². The molecule has 8 rings (SSSR count). The van der Waals surface area contributed by atoms with E-state index in [1.807, 2.05) is 124 Å². The SMILES string of the molecule is Cc1cc(OCCCc2c3n(c4c(-c5c(C)nn(C)c5C)c(Cl)ccc24)C(C)CN(c2c(C(=O)O)c4cc(N(C)Cc5ccccn5)ccc4n2C)C3=O)cc(C)c1Cl. The van der Waals surface area contributed by atoms with Crippen molar-refractivity contribution in [2.24, 2.45) is 14.1 Å².